The molecule has 3 N–H and O–H groups in total. The summed E-state index contributed by atoms with van der Waals surface area (Å²) in [5.74, 6) is -0.0861. The Morgan fingerprint density at radius 3 is 2.52 bits per heavy atom. The number of hydrogen-bond donors (Lipinski definition) is 2. The zero-order chi connectivity index (χ0) is 18.2. The predicted molar refractivity (Wildman–Crippen MR) is 93.7 cm³/mol. The Balaban J connectivity index is 1.57. The fourth-order valence-electron chi connectivity index (χ4n) is 5.08. The van der Waals surface area contributed by atoms with Crippen molar-refractivity contribution in [3.63, 3.8) is 0 Å². The highest BCUT2D eigenvalue weighted by atomic mass is 16.5. The van der Waals surface area contributed by atoms with Gasteiger partial charge in [0.1, 0.15) is 5.54 Å². The van der Waals surface area contributed by atoms with Gasteiger partial charge in [-0.15, -0.1) is 0 Å². The van der Waals surface area contributed by atoms with Crippen molar-refractivity contribution in [3.8, 4) is 0 Å². The van der Waals surface area contributed by atoms with Gasteiger partial charge in [-0.3, -0.25) is 9.59 Å². The number of ether oxygens (including phenoxy) is 2. The molecule has 2 aliphatic carbocycles. The van der Waals surface area contributed by atoms with Crippen LogP contribution in [0.4, 0.5) is 0 Å². The second-order valence-electron chi connectivity index (χ2n) is 8.40. The number of nitrogens with two attached hydrogens (primary N) is 1. The van der Waals surface area contributed by atoms with Crippen molar-refractivity contribution in [2.24, 2.45) is 23.0 Å². The molecule has 0 bridgehead atoms. The van der Waals surface area contributed by atoms with E-state index >= 15 is 0 Å². The lowest BCUT2D eigenvalue weighted by atomic mass is 9.46. The lowest BCUT2D eigenvalue weighted by Crippen LogP contribution is -2.82. The lowest BCUT2D eigenvalue weighted by molar-refractivity contribution is -0.225. The minimum Gasteiger partial charge on any atom is -0.466 e. The molecule has 0 aromatic heterocycles. The first-order valence-corrected chi connectivity index (χ1v) is 9.70. The van der Waals surface area contributed by atoms with E-state index < -0.39 is 5.54 Å². The van der Waals surface area contributed by atoms with Crippen LogP contribution in [0.1, 0.15) is 59.3 Å². The third-order valence-corrected chi connectivity index (χ3v) is 6.74. The normalized spacial score (nSPS) is 39.7. The summed E-state index contributed by atoms with van der Waals surface area (Å²) in [6, 6.07) is 0.0953. The zero-order valence-electron chi connectivity index (χ0n) is 15.7. The predicted octanol–water partition coefficient (Wildman–Crippen LogP) is 1.76. The van der Waals surface area contributed by atoms with Crippen molar-refractivity contribution in [2.75, 3.05) is 13.2 Å². The standard InChI is InChI=1S/C19H32N2O4/c1-4-24-16(22)12-7-9-13(10-8-12)21-17(23)19(20)14-6-5-11-25-15(14)18(19,2)3/h12-15H,4-11,20H2,1-3H3,(H,21,23). The van der Waals surface area contributed by atoms with Crippen molar-refractivity contribution < 1.29 is 19.1 Å². The number of hydrogen-bond acceptors (Lipinski definition) is 5. The third kappa shape index (κ3) is 2.97. The van der Waals surface area contributed by atoms with E-state index in [1.807, 2.05) is 20.8 Å². The summed E-state index contributed by atoms with van der Waals surface area (Å²) >= 11 is 0. The minimum atomic E-state index is -0.865. The number of esters is 1. The number of nitrogens with one attached hydrogen (secondary N) is 1. The van der Waals surface area contributed by atoms with Crippen LogP contribution in [-0.4, -0.2) is 42.8 Å². The molecular weight excluding hydrogens is 320 g/mol. The number of rotatable bonds is 4. The monoisotopic (exact) mass is 352 g/mol. The van der Waals surface area contributed by atoms with Crippen LogP contribution in [0.5, 0.6) is 0 Å². The van der Waals surface area contributed by atoms with Gasteiger partial charge < -0.3 is 20.5 Å². The van der Waals surface area contributed by atoms with Crippen molar-refractivity contribution in [3.05, 3.63) is 0 Å². The summed E-state index contributed by atoms with van der Waals surface area (Å²) in [6.07, 6.45) is 5.13. The van der Waals surface area contributed by atoms with Crippen LogP contribution in [0.25, 0.3) is 0 Å². The molecule has 1 aliphatic heterocycles. The van der Waals surface area contributed by atoms with E-state index in [2.05, 4.69) is 5.32 Å². The molecule has 1 heterocycles. The molecule has 3 atom stereocenters. The molecule has 6 heteroatoms. The van der Waals surface area contributed by atoms with Crippen LogP contribution < -0.4 is 11.1 Å². The van der Waals surface area contributed by atoms with Crippen LogP contribution in [0.3, 0.4) is 0 Å². The summed E-state index contributed by atoms with van der Waals surface area (Å²) in [4.78, 5) is 24.9. The Bertz CT molecular complexity index is 528. The summed E-state index contributed by atoms with van der Waals surface area (Å²) in [7, 11) is 0. The molecule has 1 saturated heterocycles. The summed E-state index contributed by atoms with van der Waals surface area (Å²) in [5.41, 5.74) is 5.42. The van der Waals surface area contributed by atoms with Crippen molar-refractivity contribution in [1.29, 1.82) is 0 Å². The van der Waals surface area contributed by atoms with E-state index in [9.17, 15) is 9.59 Å². The van der Waals surface area contributed by atoms with E-state index in [-0.39, 0.29) is 41.3 Å². The SMILES string of the molecule is CCOC(=O)C1CCC(NC(=O)C2(N)C3CCCOC3C2(C)C)CC1. The number of carbonyl (C=O) groups is 2. The van der Waals surface area contributed by atoms with Gasteiger partial charge in [-0.2, -0.15) is 0 Å². The first-order chi connectivity index (χ1) is 11.8. The summed E-state index contributed by atoms with van der Waals surface area (Å²) < 4.78 is 11.0. The zero-order valence-corrected chi connectivity index (χ0v) is 15.7. The van der Waals surface area contributed by atoms with Crippen LogP contribution in [0.15, 0.2) is 0 Å². The number of fused-ring (bicyclic) bond motifs is 1. The Labute approximate surface area is 150 Å². The van der Waals surface area contributed by atoms with Gasteiger partial charge in [0, 0.05) is 24.0 Å². The van der Waals surface area contributed by atoms with E-state index in [1.165, 1.54) is 0 Å². The van der Waals surface area contributed by atoms with Crippen LogP contribution in [0.2, 0.25) is 0 Å². The number of amides is 1. The topological polar surface area (TPSA) is 90.7 Å². The Morgan fingerprint density at radius 1 is 1.20 bits per heavy atom. The highest BCUT2D eigenvalue weighted by molar-refractivity contribution is 5.89. The van der Waals surface area contributed by atoms with Crippen molar-refractivity contribution in [2.45, 2.75) is 77.0 Å². The van der Waals surface area contributed by atoms with Gasteiger partial charge in [0.15, 0.2) is 0 Å². The average molecular weight is 352 g/mol. The maximum atomic E-state index is 13.0. The van der Waals surface area contributed by atoms with Gasteiger partial charge in [-0.25, -0.2) is 0 Å². The molecule has 2 saturated carbocycles. The minimum absolute atomic E-state index is 0.0313. The maximum Gasteiger partial charge on any atom is 0.308 e. The van der Waals surface area contributed by atoms with E-state index in [0.29, 0.717) is 6.61 Å². The highest BCUT2D eigenvalue weighted by Crippen LogP contribution is 2.57. The lowest BCUT2D eigenvalue weighted by Gasteiger charge is -2.65. The highest BCUT2D eigenvalue weighted by Gasteiger charge is 2.70. The second kappa shape index (κ2) is 6.88. The molecule has 3 unspecified atom stereocenters. The van der Waals surface area contributed by atoms with Crippen LogP contribution in [0, 0.1) is 17.3 Å². The molecule has 1 amide bonds. The summed E-state index contributed by atoms with van der Waals surface area (Å²) in [5, 5.41) is 3.17. The molecule has 3 rings (SSSR count). The molecule has 142 valence electrons. The van der Waals surface area contributed by atoms with Gasteiger partial charge in [0.2, 0.25) is 5.91 Å². The second-order valence-corrected chi connectivity index (χ2v) is 8.40. The quantitative estimate of drug-likeness (QED) is 0.752. The number of carbonyl (C=O) groups excluding carboxylic acids is 2. The van der Waals surface area contributed by atoms with Crippen molar-refractivity contribution >= 4 is 11.9 Å². The fraction of sp³-hybridized carbons (Fsp3) is 0.895. The van der Waals surface area contributed by atoms with Gasteiger partial charge in [0.25, 0.3) is 0 Å². The Morgan fingerprint density at radius 2 is 1.88 bits per heavy atom. The summed E-state index contributed by atoms with van der Waals surface area (Å²) in [6.45, 7) is 7.09. The molecule has 0 aromatic carbocycles. The molecule has 3 aliphatic rings. The van der Waals surface area contributed by atoms with Crippen molar-refractivity contribution in [1.82, 2.24) is 5.32 Å². The first kappa shape index (κ1) is 18.6. The van der Waals surface area contributed by atoms with Gasteiger partial charge in [-0.1, -0.05) is 13.8 Å². The van der Waals surface area contributed by atoms with Gasteiger partial charge in [0.05, 0.1) is 18.6 Å². The Hall–Kier alpha value is -1.14. The fourth-order valence-corrected chi connectivity index (χ4v) is 5.08. The van der Waals surface area contributed by atoms with E-state index in [0.717, 1.165) is 45.1 Å². The average Bonchev–Trinajstić information content (AvgIpc) is 2.61. The third-order valence-electron chi connectivity index (χ3n) is 6.74. The molecule has 3 fully saturated rings. The van der Waals surface area contributed by atoms with E-state index in [4.69, 9.17) is 15.2 Å². The van der Waals surface area contributed by atoms with Gasteiger partial charge >= 0.3 is 5.97 Å². The molecule has 0 radical (unpaired) electrons. The molecular formula is C19H32N2O4. The molecule has 0 aromatic rings. The maximum absolute atomic E-state index is 13.0. The van der Waals surface area contributed by atoms with Crippen LogP contribution >= 0.6 is 0 Å². The van der Waals surface area contributed by atoms with Gasteiger partial charge in [-0.05, 0) is 45.4 Å². The molecule has 25 heavy (non-hydrogen) atoms. The molecule has 6 nitrogen and oxygen atoms in total. The smallest absolute Gasteiger partial charge is 0.308 e. The molecule has 0 spiro atoms. The Kier molecular flexibility index (Phi) is 5.13. The van der Waals surface area contributed by atoms with Crippen LogP contribution in [-0.2, 0) is 19.1 Å². The first-order valence-electron chi connectivity index (χ1n) is 9.70. The largest absolute Gasteiger partial charge is 0.466 e. The van der Waals surface area contributed by atoms with E-state index in [1.54, 1.807) is 0 Å².